The van der Waals surface area contributed by atoms with Crippen LogP contribution in [0.3, 0.4) is 0 Å². The van der Waals surface area contributed by atoms with E-state index in [0.717, 1.165) is 4.31 Å². The molecule has 0 atom stereocenters. The van der Waals surface area contributed by atoms with Gasteiger partial charge in [-0.05, 0) is 24.3 Å². The van der Waals surface area contributed by atoms with Gasteiger partial charge in [-0.1, -0.05) is 24.3 Å². The molecule has 0 saturated carbocycles. The van der Waals surface area contributed by atoms with Gasteiger partial charge in [-0.3, -0.25) is 25.2 Å². The summed E-state index contributed by atoms with van der Waals surface area (Å²) in [6.07, 6.45) is 0. The molecule has 30 heavy (non-hydrogen) atoms. The number of aromatic nitrogens is 1. The molecule has 2 amide bonds. The van der Waals surface area contributed by atoms with Crippen LogP contribution in [-0.4, -0.2) is 43.2 Å². The van der Waals surface area contributed by atoms with Crippen LogP contribution in [-0.2, 0) is 17.1 Å². The van der Waals surface area contributed by atoms with E-state index in [4.69, 9.17) is 0 Å². The molecule has 0 unspecified atom stereocenters. The number of nitrogens with one attached hydrogen (secondary N) is 2. The van der Waals surface area contributed by atoms with E-state index >= 15 is 0 Å². The van der Waals surface area contributed by atoms with Crippen molar-refractivity contribution < 1.29 is 18.0 Å². The number of carbonyl (C=O) groups is 2. The molecule has 3 rings (SSSR count). The zero-order valence-corrected chi connectivity index (χ0v) is 17.4. The molecule has 3 aromatic rings. The molecule has 0 aliphatic heterocycles. The third-order valence-corrected chi connectivity index (χ3v) is 6.37. The minimum Gasteiger partial charge on any atom is -0.311 e. The number of rotatable bonds is 4. The lowest BCUT2D eigenvalue weighted by Crippen LogP contribution is -2.42. The molecule has 0 bridgehead atoms. The largest absolute Gasteiger partial charge is 0.311 e. The first kappa shape index (κ1) is 21.2. The number of benzene rings is 2. The molecule has 1 heterocycles. The molecule has 10 heteroatoms. The van der Waals surface area contributed by atoms with Gasteiger partial charge < -0.3 is 4.57 Å². The Kier molecular flexibility index (Phi) is 5.72. The van der Waals surface area contributed by atoms with Crippen molar-refractivity contribution in [1.29, 1.82) is 0 Å². The smallest absolute Gasteiger partial charge is 0.270 e. The van der Waals surface area contributed by atoms with Gasteiger partial charge >= 0.3 is 0 Å². The van der Waals surface area contributed by atoms with Gasteiger partial charge in [-0.2, -0.15) is 0 Å². The summed E-state index contributed by atoms with van der Waals surface area (Å²) >= 11 is 0. The van der Waals surface area contributed by atoms with Crippen LogP contribution in [0, 0.1) is 0 Å². The summed E-state index contributed by atoms with van der Waals surface area (Å²) in [7, 11) is 0.660. The minimum atomic E-state index is -3.71. The number of fused-ring (bicyclic) bond motifs is 1. The SMILES string of the molecule is CN(C)S(=O)(=O)c1cccc(C(=O)NNC(=O)c2cc(=O)n(C)c3ccccc23)c1. The average Bonchev–Trinajstić information content (AvgIpc) is 2.74. The van der Waals surface area contributed by atoms with Crippen LogP contribution < -0.4 is 16.4 Å². The van der Waals surface area contributed by atoms with Crippen LogP contribution in [0.5, 0.6) is 0 Å². The Morgan fingerprint density at radius 3 is 2.30 bits per heavy atom. The normalized spacial score (nSPS) is 11.5. The van der Waals surface area contributed by atoms with Crippen molar-refractivity contribution in [3.05, 3.63) is 76.1 Å². The molecular formula is C20H20N4O5S. The van der Waals surface area contributed by atoms with Crippen LogP contribution in [0.2, 0.25) is 0 Å². The molecule has 2 N–H and O–H groups in total. The maximum Gasteiger partial charge on any atom is 0.270 e. The number of hydrogen-bond donors (Lipinski definition) is 2. The highest BCUT2D eigenvalue weighted by Gasteiger charge is 2.19. The Morgan fingerprint density at radius 2 is 1.60 bits per heavy atom. The van der Waals surface area contributed by atoms with E-state index in [0.29, 0.717) is 10.9 Å². The number of sulfonamides is 1. The van der Waals surface area contributed by atoms with Gasteiger partial charge in [0.05, 0.1) is 16.0 Å². The van der Waals surface area contributed by atoms with Gasteiger partial charge in [0, 0.05) is 38.2 Å². The number of carbonyl (C=O) groups excluding carboxylic acids is 2. The van der Waals surface area contributed by atoms with Crippen molar-refractivity contribution >= 4 is 32.7 Å². The fraction of sp³-hybridized carbons (Fsp3) is 0.150. The minimum absolute atomic E-state index is 0.0482. The molecular weight excluding hydrogens is 408 g/mol. The number of hydrogen-bond acceptors (Lipinski definition) is 5. The number of hydrazine groups is 1. The molecule has 0 spiro atoms. The Balaban J connectivity index is 1.83. The molecule has 2 aromatic carbocycles. The summed E-state index contributed by atoms with van der Waals surface area (Å²) < 4.78 is 26.9. The first-order valence-corrected chi connectivity index (χ1v) is 10.3. The van der Waals surface area contributed by atoms with Gasteiger partial charge in [0.15, 0.2) is 0 Å². The van der Waals surface area contributed by atoms with E-state index < -0.39 is 21.8 Å². The van der Waals surface area contributed by atoms with Crippen LogP contribution in [0.15, 0.2) is 64.3 Å². The monoisotopic (exact) mass is 428 g/mol. The zero-order valence-electron chi connectivity index (χ0n) is 16.5. The zero-order chi connectivity index (χ0) is 22.1. The standard InChI is InChI=1S/C20H20N4O5S/c1-23(2)30(28,29)14-8-6-7-13(11-14)19(26)21-22-20(27)16-12-18(25)24(3)17-10-5-4-9-15(16)17/h4-12H,1-3H3,(H,21,26)(H,22,27). The predicted octanol–water partition coefficient (Wildman–Crippen LogP) is 0.864. The second kappa shape index (κ2) is 8.09. The fourth-order valence-corrected chi connectivity index (χ4v) is 3.81. The topological polar surface area (TPSA) is 118 Å². The van der Waals surface area contributed by atoms with Gasteiger partial charge in [-0.25, -0.2) is 12.7 Å². The molecule has 0 aliphatic rings. The van der Waals surface area contributed by atoms with Gasteiger partial charge in [0.25, 0.3) is 17.4 Å². The van der Waals surface area contributed by atoms with Gasteiger partial charge in [0.2, 0.25) is 10.0 Å². The van der Waals surface area contributed by atoms with Crippen molar-refractivity contribution in [3.63, 3.8) is 0 Å². The summed E-state index contributed by atoms with van der Waals surface area (Å²) in [4.78, 5) is 37.1. The lowest BCUT2D eigenvalue weighted by atomic mass is 10.1. The fourth-order valence-electron chi connectivity index (χ4n) is 2.86. The third kappa shape index (κ3) is 3.95. The summed E-state index contributed by atoms with van der Waals surface area (Å²) in [6.45, 7) is 0. The van der Waals surface area contributed by atoms with E-state index in [1.54, 1.807) is 31.3 Å². The Bertz CT molecular complexity index is 1310. The van der Waals surface area contributed by atoms with E-state index in [1.165, 1.54) is 49.0 Å². The maximum absolute atomic E-state index is 12.6. The molecule has 0 saturated heterocycles. The number of aryl methyl sites for hydroxylation is 1. The van der Waals surface area contributed by atoms with E-state index in [9.17, 15) is 22.8 Å². The first-order chi connectivity index (χ1) is 14.1. The lowest BCUT2D eigenvalue weighted by Gasteiger charge is -2.13. The first-order valence-electron chi connectivity index (χ1n) is 8.85. The van der Waals surface area contributed by atoms with E-state index in [2.05, 4.69) is 10.9 Å². The van der Waals surface area contributed by atoms with E-state index in [-0.39, 0.29) is 21.6 Å². The van der Waals surface area contributed by atoms with Gasteiger partial charge in [0.1, 0.15) is 0 Å². The third-order valence-electron chi connectivity index (χ3n) is 4.56. The van der Waals surface area contributed by atoms with Crippen molar-refractivity contribution in [1.82, 2.24) is 19.7 Å². The Hall–Kier alpha value is -3.50. The Morgan fingerprint density at radius 1 is 0.933 bits per heavy atom. The molecule has 1 aromatic heterocycles. The van der Waals surface area contributed by atoms with Crippen molar-refractivity contribution in [2.24, 2.45) is 7.05 Å². The molecule has 0 fully saturated rings. The molecule has 9 nitrogen and oxygen atoms in total. The second-order valence-corrected chi connectivity index (χ2v) is 8.85. The van der Waals surface area contributed by atoms with Crippen LogP contribution in [0.4, 0.5) is 0 Å². The Labute approximate surface area is 172 Å². The molecule has 0 radical (unpaired) electrons. The quantitative estimate of drug-likeness (QED) is 0.598. The molecule has 156 valence electrons. The summed E-state index contributed by atoms with van der Waals surface area (Å²) in [5, 5.41) is 0.547. The maximum atomic E-state index is 12.6. The highest BCUT2D eigenvalue weighted by molar-refractivity contribution is 7.89. The van der Waals surface area contributed by atoms with Crippen molar-refractivity contribution in [3.8, 4) is 0 Å². The number of para-hydroxylation sites is 1. The molecule has 0 aliphatic carbocycles. The average molecular weight is 428 g/mol. The predicted molar refractivity (Wildman–Crippen MR) is 111 cm³/mol. The number of nitrogens with zero attached hydrogens (tertiary/aromatic N) is 2. The number of amides is 2. The van der Waals surface area contributed by atoms with Crippen molar-refractivity contribution in [2.45, 2.75) is 4.90 Å². The van der Waals surface area contributed by atoms with Crippen LogP contribution in [0.1, 0.15) is 20.7 Å². The van der Waals surface area contributed by atoms with E-state index in [1.807, 2.05) is 0 Å². The highest BCUT2D eigenvalue weighted by Crippen LogP contribution is 2.16. The number of pyridine rings is 1. The van der Waals surface area contributed by atoms with Crippen LogP contribution >= 0.6 is 0 Å². The lowest BCUT2D eigenvalue weighted by molar-refractivity contribution is 0.0847. The van der Waals surface area contributed by atoms with Crippen molar-refractivity contribution in [2.75, 3.05) is 14.1 Å². The summed E-state index contributed by atoms with van der Waals surface area (Å²) in [6, 6.07) is 13.5. The van der Waals surface area contributed by atoms with Crippen LogP contribution in [0.25, 0.3) is 10.9 Å². The summed E-state index contributed by atoms with van der Waals surface area (Å²) in [5.41, 5.74) is 4.88. The van der Waals surface area contributed by atoms with Gasteiger partial charge in [-0.15, -0.1) is 0 Å². The summed E-state index contributed by atoms with van der Waals surface area (Å²) in [5.74, 6) is -1.37. The second-order valence-electron chi connectivity index (χ2n) is 6.70. The highest BCUT2D eigenvalue weighted by atomic mass is 32.2.